The first-order valence-corrected chi connectivity index (χ1v) is 7.67. The molecule has 0 saturated heterocycles. The second-order valence-electron chi connectivity index (χ2n) is 4.88. The third-order valence-electron chi connectivity index (χ3n) is 2.96. The molecule has 3 N–H and O–H groups in total. The Morgan fingerprint density at radius 1 is 0.960 bits per heavy atom. The fourth-order valence-corrected chi connectivity index (χ4v) is 2.30. The van der Waals surface area contributed by atoms with Crippen molar-refractivity contribution in [2.45, 2.75) is 6.92 Å². The number of urea groups is 1. The Labute approximate surface area is 152 Å². The Hall–Kier alpha value is -2.64. The van der Waals surface area contributed by atoms with Crippen LogP contribution in [0, 0.1) is 5.82 Å². The van der Waals surface area contributed by atoms with Crippen molar-refractivity contribution < 1.29 is 18.8 Å². The molecule has 2 aromatic carbocycles. The van der Waals surface area contributed by atoms with Crippen LogP contribution in [0.2, 0.25) is 10.0 Å². The van der Waals surface area contributed by atoms with Gasteiger partial charge >= 0.3 is 6.03 Å². The lowest BCUT2D eigenvalue weighted by Gasteiger charge is -2.13. The normalized spacial score (nSPS) is 10.1. The van der Waals surface area contributed by atoms with Crippen LogP contribution in [0.3, 0.4) is 0 Å². The van der Waals surface area contributed by atoms with Gasteiger partial charge in [0.1, 0.15) is 5.82 Å². The molecule has 0 spiro atoms. The van der Waals surface area contributed by atoms with Crippen LogP contribution in [-0.4, -0.2) is 17.8 Å². The summed E-state index contributed by atoms with van der Waals surface area (Å²) in [5, 5.41) is 6.67. The SMILES string of the molecule is CC(=O)Nc1cc(Cl)c(F)cc1NC(=O)NC(=O)c1ccccc1Cl. The predicted octanol–water partition coefficient (Wildman–Crippen LogP) is 4.05. The Bertz CT molecular complexity index is 859. The smallest absolute Gasteiger partial charge is 0.324 e. The number of halogens is 3. The van der Waals surface area contributed by atoms with Gasteiger partial charge in [0, 0.05) is 13.0 Å². The zero-order chi connectivity index (χ0) is 18.6. The highest BCUT2D eigenvalue weighted by atomic mass is 35.5. The van der Waals surface area contributed by atoms with Crippen molar-refractivity contribution in [2.75, 3.05) is 10.6 Å². The predicted molar refractivity (Wildman–Crippen MR) is 93.7 cm³/mol. The molecule has 4 amide bonds. The van der Waals surface area contributed by atoms with E-state index in [9.17, 15) is 18.8 Å². The van der Waals surface area contributed by atoms with Crippen molar-refractivity contribution in [1.82, 2.24) is 5.32 Å². The van der Waals surface area contributed by atoms with E-state index >= 15 is 0 Å². The largest absolute Gasteiger partial charge is 0.326 e. The van der Waals surface area contributed by atoms with E-state index in [1.807, 2.05) is 0 Å². The Morgan fingerprint density at radius 2 is 1.60 bits per heavy atom. The van der Waals surface area contributed by atoms with Gasteiger partial charge in [-0.25, -0.2) is 9.18 Å². The molecule has 0 aliphatic rings. The molecule has 0 radical (unpaired) electrons. The highest BCUT2D eigenvalue weighted by Gasteiger charge is 2.16. The van der Waals surface area contributed by atoms with Crippen molar-refractivity contribution in [3.05, 3.63) is 57.8 Å². The summed E-state index contributed by atoms with van der Waals surface area (Å²) in [5.41, 5.74) is 0.115. The summed E-state index contributed by atoms with van der Waals surface area (Å²) in [4.78, 5) is 35.2. The van der Waals surface area contributed by atoms with E-state index in [0.29, 0.717) is 0 Å². The van der Waals surface area contributed by atoms with E-state index in [1.165, 1.54) is 19.1 Å². The van der Waals surface area contributed by atoms with E-state index in [2.05, 4.69) is 16.0 Å². The number of imide groups is 1. The topological polar surface area (TPSA) is 87.3 Å². The van der Waals surface area contributed by atoms with E-state index < -0.39 is 23.7 Å². The molecule has 2 aromatic rings. The molecular weight excluding hydrogens is 372 g/mol. The summed E-state index contributed by atoms with van der Waals surface area (Å²) in [7, 11) is 0. The molecule has 0 unspecified atom stereocenters. The maximum Gasteiger partial charge on any atom is 0.326 e. The lowest BCUT2D eigenvalue weighted by atomic mass is 10.2. The summed E-state index contributed by atoms with van der Waals surface area (Å²) < 4.78 is 13.6. The van der Waals surface area contributed by atoms with Crippen LogP contribution in [0.4, 0.5) is 20.6 Å². The fourth-order valence-electron chi connectivity index (χ4n) is 1.91. The minimum absolute atomic E-state index is 0.0680. The molecule has 25 heavy (non-hydrogen) atoms. The highest BCUT2D eigenvalue weighted by molar-refractivity contribution is 6.34. The van der Waals surface area contributed by atoms with Gasteiger partial charge < -0.3 is 10.6 Å². The summed E-state index contributed by atoms with van der Waals surface area (Å²) in [6, 6.07) is 7.29. The third kappa shape index (κ3) is 4.91. The summed E-state index contributed by atoms with van der Waals surface area (Å²) in [6.07, 6.45) is 0. The van der Waals surface area contributed by atoms with Gasteiger partial charge in [0.05, 0.1) is 27.0 Å². The lowest BCUT2D eigenvalue weighted by Crippen LogP contribution is -2.34. The van der Waals surface area contributed by atoms with Gasteiger partial charge in [-0.15, -0.1) is 0 Å². The number of carbonyl (C=O) groups is 3. The van der Waals surface area contributed by atoms with Gasteiger partial charge in [0.15, 0.2) is 0 Å². The van der Waals surface area contributed by atoms with Gasteiger partial charge in [-0.2, -0.15) is 0 Å². The van der Waals surface area contributed by atoms with Crippen LogP contribution in [0.1, 0.15) is 17.3 Å². The first kappa shape index (κ1) is 18.7. The summed E-state index contributed by atoms with van der Waals surface area (Å²) in [5.74, 6) is -1.99. The number of amides is 4. The lowest BCUT2D eigenvalue weighted by molar-refractivity contribution is -0.114. The molecule has 0 fully saturated rings. The van der Waals surface area contributed by atoms with E-state index in [-0.39, 0.29) is 27.0 Å². The maximum atomic E-state index is 13.6. The number of benzene rings is 2. The number of rotatable bonds is 3. The maximum absolute atomic E-state index is 13.6. The molecule has 0 saturated carbocycles. The molecule has 2 rings (SSSR count). The highest BCUT2D eigenvalue weighted by Crippen LogP contribution is 2.28. The van der Waals surface area contributed by atoms with Gasteiger partial charge in [0.2, 0.25) is 5.91 Å². The number of carbonyl (C=O) groups excluding carboxylic acids is 3. The Morgan fingerprint density at radius 3 is 2.24 bits per heavy atom. The molecule has 0 aliphatic carbocycles. The summed E-state index contributed by atoms with van der Waals surface area (Å²) in [6.45, 7) is 1.24. The van der Waals surface area contributed by atoms with Crippen molar-refractivity contribution in [2.24, 2.45) is 0 Å². The van der Waals surface area contributed by atoms with Crippen LogP contribution in [0.25, 0.3) is 0 Å². The monoisotopic (exact) mass is 383 g/mol. The molecule has 0 bridgehead atoms. The van der Waals surface area contributed by atoms with E-state index in [0.717, 1.165) is 12.1 Å². The second-order valence-corrected chi connectivity index (χ2v) is 5.70. The van der Waals surface area contributed by atoms with Crippen LogP contribution in [0.5, 0.6) is 0 Å². The zero-order valence-corrected chi connectivity index (χ0v) is 14.3. The van der Waals surface area contributed by atoms with Crippen LogP contribution in [-0.2, 0) is 4.79 Å². The third-order valence-corrected chi connectivity index (χ3v) is 3.58. The molecule has 0 heterocycles. The first-order chi connectivity index (χ1) is 11.8. The van der Waals surface area contributed by atoms with E-state index in [4.69, 9.17) is 23.2 Å². The molecular formula is C16H12Cl2FN3O3. The van der Waals surface area contributed by atoms with Crippen LogP contribution in [0.15, 0.2) is 36.4 Å². The second kappa shape index (κ2) is 7.96. The standard InChI is InChI=1S/C16H12Cl2FN3O3/c1-8(23)20-13-6-11(18)12(19)7-14(13)21-16(25)22-15(24)9-4-2-3-5-10(9)17/h2-7H,1H3,(H,20,23)(H2,21,22,24,25). The Balaban J connectivity index is 2.17. The number of hydrogen-bond donors (Lipinski definition) is 3. The average molecular weight is 384 g/mol. The van der Waals surface area contributed by atoms with Crippen molar-refractivity contribution in [3.63, 3.8) is 0 Å². The Kier molecular flexibility index (Phi) is 5.95. The van der Waals surface area contributed by atoms with Gasteiger partial charge in [-0.3, -0.25) is 14.9 Å². The molecule has 6 nitrogen and oxygen atoms in total. The van der Waals surface area contributed by atoms with Crippen molar-refractivity contribution in [3.8, 4) is 0 Å². The molecule has 0 aromatic heterocycles. The zero-order valence-electron chi connectivity index (χ0n) is 12.8. The van der Waals surface area contributed by atoms with Crippen molar-refractivity contribution >= 4 is 52.4 Å². The average Bonchev–Trinajstić information content (AvgIpc) is 2.52. The number of nitrogens with one attached hydrogen (secondary N) is 3. The van der Waals surface area contributed by atoms with Crippen molar-refractivity contribution in [1.29, 1.82) is 0 Å². The molecule has 0 atom stereocenters. The van der Waals surface area contributed by atoms with Crippen LogP contribution < -0.4 is 16.0 Å². The first-order valence-electron chi connectivity index (χ1n) is 6.91. The van der Waals surface area contributed by atoms with Gasteiger partial charge in [-0.1, -0.05) is 35.3 Å². The number of anilines is 2. The van der Waals surface area contributed by atoms with Crippen LogP contribution >= 0.6 is 23.2 Å². The molecule has 9 heteroatoms. The molecule has 130 valence electrons. The quantitative estimate of drug-likeness (QED) is 0.746. The van der Waals surface area contributed by atoms with Gasteiger partial charge in [-0.05, 0) is 18.2 Å². The minimum atomic E-state index is -0.932. The molecule has 0 aliphatic heterocycles. The number of hydrogen-bond acceptors (Lipinski definition) is 3. The van der Waals surface area contributed by atoms with Gasteiger partial charge in [0.25, 0.3) is 5.91 Å². The van der Waals surface area contributed by atoms with E-state index in [1.54, 1.807) is 12.1 Å². The summed E-state index contributed by atoms with van der Waals surface area (Å²) >= 11 is 11.5. The fraction of sp³-hybridized carbons (Fsp3) is 0.0625. The minimum Gasteiger partial charge on any atom is -0.324 e.